The molecule has 0 bridgehead atoms. The number of fused-ring (bicyclic) bond motifs is 1. The Hall–Kier alpha value is -1.22. The summed E-state index contributed by atoms with van der Waals surface area (Å²) >= 11 is 6.15. The van der Waals surface area contributed by atoms with Crippen LogP contribution in [0.3, 0.4) is 0 Å². The van der Waals surface area contributed by atoms with Crippen molar-refractivity contribution in [1.29, 1.82) is 0 Å². The SMILES string of the molecule is CCc1c(C(C)=O)cc2c(c1Cl)OCO2. The summed E-state index contributed by atoms with van der Waals surface area (Å²) in [5.74, 6) is 1.10. The van der Waals surface area contributed by atoms with Gasteiger partial charge < -0.3 is 9.47 Å². The topological polar surface area (TPSA) is 35.5 Å². The van der Waals surface area contributed by atoms with Gasteiger partial charge in [0.05, 0.1) is 5.02 Å². The number of ketones is 1. The first-order valence-electron chi connectivity index (χ1n) is 4.77. The molecule has 4 heteroatoms. The van der Waals surface area contributed by atoms with Crippen LogP contribution in [0.25, 0.3) is 0 Å². The van der Waals surface area contributed by atoms with Crippen LogP contribution in [0.5, 0.6) is 11.5 Å². The zero-order chi connectivity index (χ0) is 11.0. The number of hydrogen-bond acceptors (Lipinski definition) is 3. The Kier molecular flexibility index (Phi) is 2.57. The lowest BCUT2D eigenvalue weighted by molar-refractivity contribution is 0.101. The highest BCUT2D eigenvalue weighted by atomic mass is 35.5. The van der Waals surface area contributed by atoms with Crippen molar-refractivity contribution in [3.63, 3.8) is 0 Å². The van der Waals surface area contributed by atoms with Gasteiger partial charge in [-0.3, -0.25) is 4.79 Å². The second kappa shape index (κ2) is 3.74. The summed E-state index contributed by atoms with van der Waals surface area (Å²) in [6.07, 6.45) is 0.699. The molecular weight excluding hydrogens is 216 g/mol. The molecular formula is C11H11ClO3. The predicted octanol–water partition coefficient (Wildman–Crippen LogP) is 2.83. The Morgan fingerprint density at radius 1 is 1.53 bits per heavy atom. The molecule has 1 aliphatic heterocycles. The molecule has 2 rings (SSSR count). The van der Waals surface area contributed by atoms with Crippen molar-refractivity contribution < 1.29 is 14.3 Å². The van der Waals surface area contributed by atoms with Crippen LogP contribution in [0.2, 0.25) is 5.02 Å². The van der Waals surface area contributed by atoms with Gasteiger partial charge in [0, 0.05) is 5.56 Å². The molecule has 0 atom stereocenters. The maximum Gasteiger partial charge on any atom is 0.231 e. The van der Waals surface area contributed by atoms with Crippen LogP contribution in [-0.2, 0) is 6.42 Å². The van der Waals surface area contributed by atoms with Gasteiger partial charge in [-0.05, 0) is 25.0 Å². The minimum Gasteiger partial charge on any atom is -0.454 e. The number of rotatable bonds is 2. The lowest BCUT2D eigenvalue weighted by Gasteiger charge is -2.09. The van der Waals surface area contributed by atoms with Gasteiger partial charge in [0.1, 0.15) is 0 Å². The molecule has 0 amide bonds. The number of ether oxygens (including phenoxy) is 2. The number of carbonyl (C=O) groups is 1. The van der Waals surface area contributed by atoms with Gasteiger partial charge in [-0.15, -0.1) is 0 Å². The Bertz CT molecular complexity index is 426. The third kappa shape index (κ3) is 1.57. The lowest BCUT2D eigenvalue weighted by atomic mass is 10.0. The Balaban J connectivity index is 2.66. The highest BCUT2D eigenvalue weighted by Crippen LogP contribution is 2.42. The van der Waals surface area contributed by atoms with Crippen molar-refractivity contribution in [2.45, 2.75) is 20.3 Å². The Morgan fingerprint density at radius 2 is 2.27 bits per heavy atom. The van der Waals surface area contributed by atoms with Crippen LogP contribution in [0, 0.1) is 0 Å². The standard InChI is InChI=1S/C11H11ClO3/c1-3-7-8(6(2)13)4-9-11(10(7)12)15-5-14-9/h4H,3,5H2,1-2H3. The van der Waals surface area contributed by atoms with Crippen LogP contribution >= 0.6 is 11.6 Å². The minimum atomic E-state index is -0.00736. The maximum absolute atomic E-state index is 11.4. The van der Waals surface area contributed by atoms with Gasteiger partial charge in [-0.2, -0.15) is 0 Å². The molecule has 1 aromatic carbocycles. The first-order valence-corrected chi connectivity index (χ1v) is 5.14. The van der Waals surface area contributed by atoms with E-state index >= 15 is 0 Å². The molecule has 0 radical (unpaired) electrons. The molecule has 0 unspecified atom stereocenters. The molecule has 1 aromatic rings. The smallest absolute Gasteiger partial charge is 0.231 e. The summed E-state index contributed by atoms with van der Waals surface area (Å²) in [4.78, 5) is 11.4. The van der Waals surface area contributed by atoms with E-state index in [1.54, 1.807) is 6.07 Å². The first-order chi connectivity index (χ1) is 7.15. The van der Waals surface area contributed by atoms with Crippen molar-refractivity contribution in [3.8, 4) is 11.5 Å². The monoisotopic (exact) mass is 226 g/mol. The fourth-order valence-electron chi connectivity index (χ4n) is 1.70. The fourth-order valence-corrected chi connectivity index (χ4v) is 2.08. The van der Waals surface area contributed by atoms with Crippen molar-refractivity contribution in [1.82, 2.24) is 0 Å². The average molecular weight is 227 g/mol. The fraction of sp³-hybridized carbons (Fsp3) is 0.364. The van der Waals surface area contributed by atoms with Crippen LogP contribution < -0.4 is 9.47 Å². The number of carbonyl (C=O) groups excluding carboxylic acids is 1. The van der Waals surface area contributed by atoms with E-state index in [2.05, 4.69) is 0 Å². The molecule has 0 aliphatic carbocycles. The number of benzene rings is 1. The zero-order valence-corrected chi connectivity index (χ0v) is 9.35. The Labute approximate surface area is 92.9 Å². The van der Waals surface area contributed by atoms with Crippen molar-refractivity contribution in [2.24, 2.45) is 0 Å². The second-order valence-electron chi connectivity index (χ2n) is 3.36. The third-order valence-corrected chi connectivity index (χ3v) is 2.84. The lowest BCUT2D eigenvalue weighted by Crippen LogP contribution is -2.00. The summed E-state index contributed by atoms with van der Waals surface area (Å²) in [6.45, 7) is 3.64. The summed E-state index contributed by atoms with van der Waals surface area (Å²) in [5.41, 5.74) is 1.44. The van der Waals surface area contributed by atoms with Crippen molar-refractivity contribution in [3.05, 3.63) is 22.2 Å². The highest BCUT2D eigenvalue weighted by molar-refractivity contribution is 6.33. The second-order valence-corrected chi connectivity index (χ2v) is 3.74. The number of hydrogen-bond donors (Lipinski definition) is 0. The molecule has 80 valence electrons. The number of halogens is 1. The molecule has 0 spiro atoms. The summed E-state index contributed by atoms with van der Waals surface area (Å²) in [6, 6.07) is 1.70. The molecule has 0 saturated heterocycles. The molecule has 0 saturated carbocycles. The maximum atomic E-state index is 11.4. The van der Waals surface area contributed by atoms with E-state index in [9.17, 15) is 4.79 Å². The molecule has 3 nitrogen and oxygen atoms in total. The normalized spacial score (nSPS) is 13.0. The number of Topliss-reactive ketones (excluding diaryl/α,β-unsaturated/α-hetero) is 1. The summed E-state index contributed by atoms with van der Waals surface area (Å²) in [7, 11) is 0. The molecule has 0 fully saturated rings. The molecule has 0 aromatic heterocycles. The molecule has 1 aliphatic rings. The molecule has 0 N–H and O–H groups in total. The minimum absolute atomic E-state index is 0.00736. The van der Waals surface area contributed by atoms with E-state index in [-0.39, 0.29) is 12.6 Å². The van der Waals surface area contributed by atoms with Gasteiger partial charge in [-0.25, -0.2) is 0 Å². The van der Waals surface area contributed by atoms with Crippen LogP contribution in [0.1, 0.15) is 29.8 Å². The quantitative estimate of drug-likeness (QED) is 0.728. The van der Waals surface area contributed by atoms with Crippen molar-refractivity contribution in [2.75, 3.05) is 6.79 Å². The largest absolute Gasteiger partial charge is 0.454 e. The van der Waals surface area contributed by atoms with E-state index in [1.165, 1.54) is 6.92 Å². The van der Waals surface area contributed by atoms with Gasteiger partial charge in [0.15, 0.2) is 17.3 Å². The van der Waals surface area contributed by atoms with Crippen molar-refractivity contribution >= 4 is 17.4 Å². The van der Waals surface area contributed by atoms with Gasteiger partial charge in [0.2, 0.25) is 6.79 Å². The van der Waals surface area contributed by atoms with E-state index in [4.69, 9.17) is 21.1 Å². The average Bonchev–Trinajstić information content (AvgIpc) is 2.65. The summed E-state index contributed by atoms with van der Waals surface area (Å²) < 4.78 is 10.5. The van der Waals surface area contributed by atoms with Gasteiger partial charge >= 0.3 is 0 Å². The zero-order valence-electron chi connectivity index (χ0n) is 8.59. The first kappa shape index (κ1) is 10.3. The highest BCUT2D eigenvalue weighted by Gasteiger charge is 2.23. The predicted molar refractivity (Wildman–Crippen MR) is 57.0 cm³/mol. The van der Waals surface area contributed by atoms with E-state index < -0.39 is 0 Å². The van der Waals surface area contributed by atoms with E-state index in [0.717, 1.165) is 5.56 Å². The van der Waals surface area contributed by atoms with E-state index in [0.29, 0.717) is 28.5 Å². The molecule has 1 heterocycles. The van der Waals surface area contributed by atoms with Crippen LogP contribution in [0.4, 0.5) is 0 Å². The summed E-state index contributed by atoms with van der Waals surface area (Å²) in [5, 5.41) is 0.498. The molecule has 15 heavy (non-hydrogen) atoms. The van der Waals surface area contributed by atoms with Gasteiger partial charge in [0.25, 0.3) is 0 Å². The Morgan fingerprint density at radius 3 is 2.87 bits per heavy atom. The van der Waals surface area contributed by atoms with Gasteiger partial charge in [-0.1, -0.05) is 18.5 Å². The van der Waals surface area contributed by atoms with Crippen LogP contribution in [0.15, 0.2) is 6.07 Å². The van der Waals surface area contributed by atoms with Crippen LogP contribution in [-0.4, -0.2) is 12.6 Å². The third-order valence-electron chi connectivity index (χ3n) is 2.44. The van der Waals surface area contributed by atoms with E-state index in [1.807, 2.05) is 6.92 Å².